The van der Waals surface area contributed by atoms with Crippen molar-refractivity contribution in [2.75, 3.05) is 5.32 Å². The van der Waals surface area contributed by atoms with Gasteiger partial charge in [0.15, 0.2) is 0 Å². The lowest BCUT2D eigenvalue weighted by Gasteiger charge is -2.13. The summed E-state index contributed by atoms with van der Waals surface area (Å²) in [5.41, 5.74) is 7.59. The van der Waals surface area contributed by atoms with E-state index in [9.17, 15) is 4.79 Å². The summed E-state index contributed by atoms with van der Waals surface area (Å²) < 4.78 is 6.00. The van der Waals surface area contributed by atoms with Crippen LogP contribution in [0.3, 0.4) is 0 Å². The van der Waals surface area contributed by atoms with Gasteiger partial charge in [0, 0.05) is 33.5 Å². The van der Waals surface area contributed by atoms with Crippen LogP contribution in [0.15, 0.2) is 95.4 Å². The van der Waals surface area contributed by atoms with Gasteiger partial charge in [0.05, 0.1) is 16.8 Å². The Kier molecular flexibility index (Phi) is 4.66. The van der Waals surface area contributed by atoms with Crippen LogP contribution in [0.2, 0.25) is 0 Å². The normalized spacial score (nSPS) is 11.4. The summed E-state index contributed by atoms with van der Waals surface area (Å²) in [4.78, 5) is 18.5. The molecule has 1 amide bonds. The van der Waals surface area contributed by atoms with E-state index in [2.05, 4.69) is 11.4 Å². The van der Waals surface area contributed by atoms with Crippen molar-refractivity contribution in [1.29, 1.82) is 0 Å². The van der Waals surface area contributed by atoms with Gasteiger partial charge in [-0.15, -0.1) is 0 Å². The molecule has 0 aliphatic carbocycles. The smallest absolute Gasteiger partial charge is 0.256 e. The molecule has 0 atom stereocenters. The number of aryl methyl sites for hydroxylation is 2. The molecule has 1 N–H and O–H groups in total. The monoisotopic (exact) mass is 442 g/mol. The van der Waals surface area contributed by atoms with E-state index in [-0.39, 0.29) is 5.91 Å². The number of nitrogens with zero attached hydrogens (tertiary/aromatic N) is 1. The predicted octanol–water partition coefficient (Wildman–Crippen LogP) is 7.67. The summed E-state index contributed by atoms with van der Waals surface area (Å²) in [5.74, 6) is -0.176. The largest absolute Gasteiger partial charge is 0.456 e. The Bertz CT molecular complexity index is 1720. The van der Waals surface area contributed by atoms with E-state index in [1.807, 2.05) is 98.8 Å². The zero-order chi connectivity index (χ0) is 23.2. The maximum absolute atomic E-state index is 13.6. The lowest BCUT2D eigenvalue weighted by atomic mass is 9.99. The molecule has 0 spiro atoms. The zero-order valence-corrected chi connectivity index (χ0v) is 18.9. The molecular formula is C30H22N2O2. The number of hydrogen-bond acceptors (Lipinski definition) is 3. The van der Waals surface area contributed by atoms with Gasteiger partial charge in [-0.3, -0.25) is 4.79 Å². The molecule has 6 rings (SSSR count). The lowest BCUT2D eigenvalue weighted by molar-refractivity contribution is 0.102. The first-order valence-electron chi connectivity index (χ1n) is 11.3. The van der Waals surface area contributed by atoms with Gasteiger partial charge in [-0.05, 0) is 49.7 Å². The fraction of sp³-hybridized carbons (Fsp3) is 0.0667. The fourth-order valence-electron chi connectivity index (χ4n) is 4.63. The number of para-hydroxylation sites is 1. The van der Waals surface area contributed by atoms with E-state index in [0.29, 0.717) is 11.3 Å². The Labute approximate surface area is 196 Å². The average molecular weight is 443 g/mol. The highest BCUT2D eigenvalue weighted by Crippen LogP contribution is 2.32. The molecule has 2 heterocycles. The third-order valence-corrected chi connectivity index (χ3v) is 6.20. The number of benzene rings is 4. The number of amides is 1. The van der Waals surface area contributed by atoms with Crippen molar-refractivity contribution in [3.63, 3.8) is 0 Å². The maximum Gasteiger partial charge on any atom is 0.256 e. The Balaban J connectivity index is 1.46. The highest BCUT2D eigenvalue weighted by molar-refractivity contribution is 6.14. The minimum absolute atomic E-state index is 0.176. The molecule has 0 unspecified atom stereocenters. The first-order valence-corrected chi connectivity index (χ1v) is 11.3. The van der Waals surface area contributed by atoms with E-state index in [4.69, 9.17) is 9.40 Å². The second-order valence-corrected chi connectivity index (χ2v) is 8.66. The number of fused-ring (bicyclic) bond motifs is 4. The van der Waals surface area contributed by atoms with Crippen molar-refractivity contribution in [3.05, 3.63) is 108 Å². The average Bonchev–Trinajstić information content (AvgIpc) is 3.22. The summed E-state index contributed by atoms with van der Waals surface area (Å²) in [5, 5.41) is 6.02. The molecule has 0 bridgehead atoms. The Morgan fingerprint density at radius 3 is 2.38 bits per heavy atom. The van der Waals surface area contributed by atoms with Crippen LogP contribution in [-0.2, 0) is 0 Å². The van der Waals surface area contributed by atoms with E-state index < -0.39 is 0 Å². The fourth-order valence-corrected chi connectivity index (χ4v) is 4.63. The van der Waals surface area contributed by atoms with Crippen molar-refractivity contribution in [2.45, 2.75) is 13.8 Å². The summed E-state index contributed by atoms with van der Waals surface area (Å²) in [6.07, 6.45) is 0. The number of carbonyl (C=O) groups excluding carboxylic acids is 1. The molecule has 4 nitrogen and oxygen atoms in total. The quantitative estimate of drug-likeness (QED) is 0.306. The van der Waals surface area contributed by atoms with Gasteiger partial charge >= 0.3 is 0 Å². The number of carbonyl (C=O) groups is 1. The third kappa shape index (κ3) is 3.41. The van der Waals surface area contributed by atoms with E-state index in [1.165, 1.54) is 0 Å². The van der Waals surface area contributed by atoms with Crippen LogP contribution >= 0.6 is 0 Å². The molecule has 0 fully saturated rings. The van der Waals surface area contributed by atoms with Gasteiger partial charge in [-0.25, -0.2) is 4.98 Å². The summed E-state index contributed by atoms with van der Waals surface area (Å²) in [6.45, 7) is 4.07. The summed E-state index contributed by atoms with van der Waals surface area (Å²) in [7, 11) is 0. The second-order valence-electron chi connectivity index (χ2n) is 8.66. The number of pyridine rings is 1. The number of nitrogens with one attached hydrogen (secondary N) is 1. The molecule has 4 aromatic carbocycles. The number of anilines is 1. The molecule has 0 aliphatic heterocycles. The van der Waals surface area contributed by atoms with Crippen LogP contribution in [0.4, 0.5) is 5.69 Å². The van der Waals surface area contributed by atoms with Gasteiger partial charge in [0.25, 0.3) is 5.91 Å². The van der Waals surface area contributed by atoms with Crippen LogP contribution in [0.25, 0.3) is 44.1 Å². The van der Waals surface area contributed by atoms with Gasteiger partial charge in [0.2, 0.25) is 0 Å². The topological polar surface area (TPSA) is 55.1 Å². The van der Waals surface area contributed by atoms with Gasteiger partial charge in [-0.2, -0.15) is 0 Å². The minimum atomic E-state index is -0.176. The molecule has 0 radical (unpaired) electrons. The first kappa shape index (κ1) is 20.2. The van der Waals surface area contributed by atoms with Crippen LogP contribution in [0.1, 0.15) is 21.5 Å². The Morgan fingerprint density at radius 2 is 1.53 bits per heavy atom. The number of hydrogen-bond donors (Lipinski definition) is 1. The number of aromatic nitrogens is 1. The zero-order valence-electron chi connectivity index (χ0n) is 18.9. The highest BCUT2D eigenvalue weighted by atomic mass is 16.3. The molecule has 0 aliphatic rings. The molecule has 164 valence electrons. The molecule has 4 heteroatoms. The van der Waals surface area contributed by atoms with Gasteiger partial charge < -0.3 is 9.73 Å². The second kappa shape index (κ2) is 7.85. The van der Waals surface area contributed by atoms with Gasteiger partial charge in [-0.1, -0.05) is 60.2 Å². The molecule has 2 aromatic heterocycles. The van der Waals surface area contributed by atoms with Crippen molar-refractivity contribution >= 4 is 44.4 Å². The van der Waals surface area contributed by atoms with Crippen molar-refractivity contribution in [1.82, 2.24) is 4.98 Å². The van der Waals surface area contributed by atoms with Crippen LogP contribution in [0.5, 0.6) is 0 Å². The first-order chi connectivity index (χ1) is 16.6. The number of rotatable bonds is 3. The molecule has 0 saturated heterocycles. The van der Waals surface area contributed by atoms with E-state index >= 15 is 0 Å². The van der Waals surface area contributed by atoms with Crippen molar-refractivity contribution < 1.29 is 9.21 Å². The van der Waals surface area contributed by atoms with Crippen LogP contribution < -0.4 is 5.32 Å². The predicted molar refractivity (Wildman–Crippen MR) is 138 cm³/mol. The lowest BCUT2D eigenvalue weighted by Crippen LogP contribution is -2.13. The molecule has 6 aromatic rings. The Hall–Kier alpha value is -4.44. The molecule has 34 heavy (non-hydrogen) atoms. The third-order valence-electron chi connectivity index (χ3n) is 6.20. The SMILES string of the molecule is Cc1cc(C)c2nc(-c3ccccc3)cc(C(=O)Nc3ccc4c(c3)oc3ccccc34)c2c1. The summed E-state index contributed by atoms with van der Waals surface area (Å²) in [6, 6.07) is 29.7. The number of furan rings is 1. The molecular weight excluding hydrogens is 420 g/mol. The van der Waals surface area contributed by atoms with Gasteiger partial charge in [0.1, 0.15) is 11.2 Å². The Morgan fingerprint density at radius 1 is 0.765 bits per heavy atom. The standard InChI is InChI=1S/C30H22N2O2/c1-18-14-19(2)29-24(15-18)25(17-26(32-29)20-8-4-3-5-9-20)30(33)31-21-12-13-23-22-10-6-7-11-27(22)34-28(23)16-21/h3-17H,1-2H3,(H,31,33). The summed E-state index contributed by atoms with van der Waals surface area (Å²) >= 11 is 0. The van der Waals surface area contributed by atoms with Crippen LogP contribution in [-0.4, -0.2) is 10.9 Å². The molecule has 0 saturated carbocycles. The maximum atomic E-state index is 13.6. The van der Waals surface area contributed by atoms with Crippen molar-refractivity contribution in [3.8, 4) is 11.3 Å². The minimum Gasteiger partial charge on any atom is -0.456 e. The van der Waals surface area contributed by atoms with Crippen molar-refractivity contribution in [2.24, 2.45) is 0 Å². The van der Waals surface area contributed by atoms with E-state index in [1.54, 1.807) is 0 Å². The van der Waals surface area contributed by atoms with Crippen LogP contribution in [0, 0.1) is 13.8 Å². The highest BCUT2D eigenvalue weighted by Gasteiger charge is 2.17. The van der Waals surface area contributed by atoms with E-state index in [0.717, 1.165) is 55.2 Å².